The summed E-state index contributed by atoms with van der Waals surface area (Å²) in [6.07, 6.45) is 5.99. The fourth-order valence-electron chi connectivity index (χ4n) is 3.44. The predicted molar refractivity (Wildman–Crippen MR) is 109 cm³/mol. The Hall–Kier alpha value is -1.65. The van der Waals surface area contributed by atoms with Crippen LogP contribution in [0.4, 0.5) is 0 Å². The van der Waals surface area contributed by atoms with Gasteiger partial charge in [-0.2, -0.15) is 0 Å². The lowest BCUT2D eigenvalue weighted by molar-refractivity contribution is 0.00578. The summed E-state index contributed by atoms with van der Waals surface area (Å²) >= 11 is 0. The SMILES string of the molecule is CC(C)N(CC(O)CO/N=C1\CCCC\C1=C\c1ccccc1)C(C)C. The molecule has 1 unspecified atom stereocenters. The fraction of sp³-hybridized carbons (Fsp3) is 0.591. The van der Waals surface area contributed by atoms with Crippen molar-refractivity contribution < 1.29 is 9.94 Å². The average molecular weight is 359 g/mol. The third-order valence-electron chi connectivity index (χ3n) is 4.81. The Labute approximate surface area is 158 Å². The number of benzene rings is 1. The van der Waals surface area contributed by atoms with Crippen LogP contribution >= 0.6 is 0 Å². The van der Waals surface area contributed by atoms with Gasteiger partial charge < -0.3 is 9.94 Å². The minimum Gasteiger partial charge on any atom is -0.393 e. The maximum absolute atomic E-state index is 10.3. The first-order valence-electron chi connectivity index (χ1n) is 9.86. The Morgan fingerprint density at radius 1 is 1.08 bits per heavy atom. The lowest BCUT2D eigenvalue weighted by Gasteiger charge is -2.32. The highest BCUT2D eigenvalue weighted by atomic mass is 16.6. The number of hydrogen-bond donors (Lipinski definition) is 1. The summed E-state index contributed by atoms with van der Waals surface area (Å²) in [4.78, 5) is 7.80. The van der Waals surface area contributed by atoms with Crippen LogP contribution in [0.25, 0.3) is 6.08 Å². The van der Waals surface area contributed by atoms with Gasteiger partial charge in [0.15, 0.2) is 0 Å². The highest BCUT2D eigenvalue weighted by Gasteiger charge is 2.18. The van der Waals surface area contributed by atoms with E-state index in [0.29, 0.717) is 18.6 Å². The molecule has 4 nitrogen and oxygen atoms in total. The zero-order chi connectivity index (χ0) is 18.9. The van der Waals surface area contributed by atoms with Crippen molar-refractivity contribution in [2.75, 3.05) is 13.2 Å². The first kappa shape index (κ1) is 20.7. The number of aliphatic hydroxyl groups excluding tert-OH is 1. The zero-order valence-corrected chi connectivity index (χ0v) is 16.7. The molecule has 4 heteroatoms. The summed E-state index contributed by atoms with van der Waals surface area (Å²) in [6, 6.07) is 11.1. The minimum atomic E-state index is -0.533. The van der Waals surface area contributed by atoms with E-state index < -0.39 is 6.10 Å². The van der Waals surface area contributed by atoms with Gasteiger partial charge in [-0.1, -0.05) is 35.5 Å². The molecule has 0 aromatic heterocycles. The molecule has 1 aliphatic carbocycles. The minimum absolute atomic E-state index is 0.234. The van der Waals surface area contributed by atoms with Crippen molar-refractivity contribution in [1.29, 1.82) is 0 Å². The van der Waals surface area contributed by atoms with Crippen LogP contribution < -0.4 is 0 Å². The summed E-state index contributed by atoms with van der Waals surface area (Å²) < 4.78 is 0. The number of aliphatic hydroxyl groups is 1. The molecular weight excluding hydrogens is 324 g/mol. The van der Waals surface area contributed by atoms with Crippen LogP contribution in [-0.4, -0.2) is 47.1 Å². The van der Waals surface area contributed by atoms with Crippen LogP contribution in [0.15, 0.2) is 41.1 Å². The van der Waals surface area contributed by atoms with Crippen molar-refractivity contribution in [3.63, 3.8) is 0 Å². The first-order valence-corrected chi connectivity index (χ1v) is 9.86. The highest BCUT2D eigenvalue weighted by Crippen LogP contribution is 2.23. The summed E-state index contributed by atoms with van der Waals surface area (Å²) in [5.41, 5.74) is 3.47. The molecule has 1 aromatic rings. The van der Waals surface area contributed by atoms with Gasteiger partial charge in [-0.15, -0.1) is 0 Å². The van der Waals surface area contributed by atoms with Crippen LogP contribution in [-0.2, 0) is 4.84 Å². The zero-order valence-electron chi connectivity index (χ0n) is 16.7. The monoisotopic (exact) mass is 358 g/mol. The Morgan fingerprint density at radius 2 is 1.73 bits per heavy atom. The smallest absolute Gasteiger partial charge is 0.144 e. The second-order valence-corrected chi connectivity index (χ2v) is 7.66. The van der Waals surface area contributed by atoms with Crippen LogP contribution in [0.2, 0.25) is 0 Å². The van der Waals surface area contributed by atoms with E-state index in [1.165, 1.54) is 17.6 Å². The standard InChI is InChI=1S/C22H34N2O2/c1-17(2)24(18(3)4)15-21(25)16-26-23-22-13-9-8-12-20(22)14-19-10-6-5-7-11-19/h5-7,10-11,14,17-18,21,25H,8-9,12-13,15-16H2,1-4H3/b20-14-,23-22+. The molecule has 0 saturated heterocycles. The summed E-state index contributed by atoms with van der Waals surface area (Å²) in [5, 5.41) is 14.7. The van der Waals surface area contributed by atoms with E-state index in [2.05, 4.69) is 56.0 Å². The molecule has 1 N–H and O–H groups in total. The van der Waals surface area contributed by atoms with Gasteiger partial charge in [0.25, 0.3) is 0 Å². The molecule has 144 valence electrons. The van der Waals surface area contributed by atoms with Crippen molar-refractivity contribution in [3.05, 3.63) is 41.5 Å². The van der Waals surface area contributed by atoms with Crippen LogP contribution in [0.3, 0.4) is 0 Å². The van der Waals surface area contributed by atoms with Crippen LogP contribution in [0, 0.1) is 0 Å². The first-order chi connectivity index (χ1) is 12.5. The summed E-state index contributed by atoms with van der Waals surface area (Å²) in [7, 11) is 0. The Balaban J connectivity index is 1.93. The third kappa shape index (κ3) is 6.58. The summed E-state index contributed by atoms with van der Waals surface area (Å²) in [6.45, 7) is 9.44. The van der Waals surface area contributed by atoms with E-state index in [0.717, 1.165) is 25.0 Å². The number of nitrogens with zero attached hydrogens (tertiary/aromatic N) is 2. The van der Waals surface area contributed by atoms with Gasteiger partial charge in [0.1, 0.15) is 12.7 Å². The van der Waals surface area contributed by atoms with E-state index in [9.17, 15) is 5.11 Å². The molecule has 1 aromatic carbocycles. The number of oxime groups is 1. The quantitative estimate of drug-likeness (QED) is 0.696. The van der Waals surface area contributed by atoms with E-state index in [1.807, 2.05) is 18.2 Å². The molecule has 0 bridgehead atoms. The molecule has 1 saturated carbocycles. The highest BCUT2D eigenvalue weighted by molar-refractivity contribution is 6.03. The van der Waals surface area contributed by atoms with Crippen LogP contribution in [0.1, 0.15) is 58.9 Å². The van der Waals surface area contributed by atoms with Crippen LogP contribution in [0.5, 0.6) is 0 Å². The Bertz CT molecular complexity index is 585. The Kier molecular flexibility index (Phi) is 8.33. The van der Waals surface area contributed by atoms with Gasteiger partial charge >= 0.3 is 0 Å². The van der Waals surface area contributed by atoms with Gasteiger partial charge in [0.2, 0.25) is 0 Å². The van der Waals surface area contributed by atoms with Crippen molar-refractivity contribution in [3.8, 4) is 0 Å². The van der Waals surface area contributed by atoms with Gasteiger partial charge in [-0.25, -0.2) is 0 Å². The lowest BCUT2D eigenvalue weighted by atomic mass is 9.91. The molecule has 1 atom stereocenters. The average Bonchev–Trinajstić information content (AvgIpc) is 2.61. The molecule has 0 radical (unpaired) electrons. The van der Waals surface area contributed by atoms with Crippen molar-refractivity contribution in [2.45, 2.75) is 71.6 Å². The molecule has 0 heterocycles. The van der Waals surface area contributed by atoms with Crippen molar-refractivity contribution in [2.24, 2.45) is 5.16 Å². The molecule has 1 aliphatic rings. The normalized spacial score (nSPS) is 19.7. The Morgan fingerprint density at radius 3 is 2.38 bits per heavy atom. The van der Waals surface area contributed by atoms with Crippen molar-refractivity contribution >= 4 is 11.8 Å². The van der Waals surface area contributed by atoms with Gasteiger partial charge in [0, 0.05) is 18.6 Å². The molecule has 0 aliphatic heterocycles. The van der Waals surface area contributed by atoms with E-state index in [-0.39, 0.29) is 6.61 Å². The largest absolute Gasteiger partial charge is 0.393 e. The van der Waals surface area contributed by atoms with E-state index >= 15 is 0 Å². The second kappa shape index (κ2) is 10.5. The predicted octanol–water partition coefficient (Wildman–Crippen LogP) is 4.50. The van der Waals surface area contributed by atoms with Gasteiger partial charge in [-0.05, 0) is 70.6 Å². The van der Waals surface area contributed by atoms with Gasteiger partial charge in [0.05, 0.1) is 5.71 Å². The number of rotatable bonds is 8. The molecule has 0 amide bonds. The number of hydrogen-bond acceptors (Lipinski definition) is 4. The van der Waals surface area contributed by atoms with E-state index in [4.69, 9.17) is 4.84 Å². The van der Waals surface area contributed by atoms with E-state index in [1.54, 1.807) is 0 Å². The second-order valence-electron chi connectivity index (χ2n) is 7.66. The molecule has 26 heavy (non-hydrogen) atoms. The summed E-state index contributed by atoms with van der Waals surface area (Å²) in [5.74, 6) is 0. The third-order valence-corrected chi connectivity index (χ3v) is 4.81. The maximum Gasteiger partial charge on any atom is 0.144 e. The lowest BCUT2D eigenvalue weighted by Crippen LogP contribution is -2.43. The van der Waals surface area contributed by atoms with Crippen molar-refractivity contribution in [1.82, 2.24) is 4.90 Å². The van der Waals surface area contributed by atoms with Gasteiger partial charge in [-0.3, -0.25) is 4.90 Å². The molecule has 1 fully saturated rings. The molecule has 0 spiro atoms. The molecular formula is C22H34N2O2. The number of allylic oxidation sites excluding steroid dienone is 1. The maximum atomic E-state index is 10.3. The topological polar surface area (TPSA) is 45.1 Å². The fourth-order valence-corrected chi connectivity index (χ4v) is 3.44. The molecule has 2 rings (SSSR count).